The first-order valence-electron chi connectivity index (χ1n) is 6.38. The lowest BCUT2D eigenvalue weighted by atomic mass is 9.92. The van der Waals surface area contributed by atoms with E-state index in [1.165, 1.54) is 0 Å². The predicted molar refractivity (Wildman–Crippen MR) is 90.6 cm³/mol. The van der Waals surface area contributed by atoms with Crippen LogP contribution in [-0.2, 0) is 0 Å². The molecule has 5 heteroatoms. The molecule has 0 aliphatic heterocycles. The van der Waals surface area contributed by atoms with Gasteiger partial charge in [0.25, 0.3) is 0 Å². The number of rotatable bonds is 3. The second-order valence-electron chi connectivity index (χ2n) is 4.41. The molecule has 0 aromatic heterocycles. The molecule has 0 aliphatic rings. The summed E-state index contributed by atoms with van der Waals surface area (Å²) in [7, 11) is 1.74. The zero-order valence-corrected chi connectivity index (χ0v) is 13.0. The highest BCUT2D eigenvalue weighted by atomic mass is 35.5. The van der Waals surface area contributed by atoms with E-state index in [2.05, 4.69) is 16.7 Å². The van der Waals surface area contributed by atoms with Crippen LogP contribution in [0.4, 0.5) is 5.69 Å². The lowest BCUT2D eigenvalue weighted by Gasteiger charge is -2.14. The summed E-state index contributed by atoms with van der Waals surface area (Å²) >= 11 is 11.4. The summed E-state index contributed by atoms with van der Waals surface area (Å²) in [5, 5.41) is 16.3. The molecule has 2 aromatic carbocycles. The summed E-state index contributed by atoms with van der Waals surface area (Å²) in [5.41, 5.74) is 2.49. The summed E-state index contributed by atoms with van der Waals surface area (Å²) in [6.07, 6.45) is 0. The van der Waals surface area contributed by atoms with E-state index in [0.29, 0.717) is 10.1 Å². The van der Waals surface area contributed by atoms with Crippen LogP contribution in [0.3, 0.4) is 0 Å². The molecule has 0 saturated heterocycles. The lowest BCUT2D eigenvalue weighted by molar-refractivity contribution is 1.04. The molecule has 1 atom stereocenters. The molecule has 1 unspecified atom stereocenters. The normalized spacial score (nSPS) is 11.3. The van der Waals surface area contributed by atoms with E-state index in [9.17, 15) is 5.26 Å². The standard InChI is InChI=1S/C16H14ClN3S/c1-19-16(21)20-12-7-8-13(15(17)9-12)14(10-18)11-5-3-2-4-6-11/h2-9,14H,1H3,(H2,19,20,21). The topological polar surface area (TPSA) is 47.8 Å². The number of nitrogens with zero attached hydrogens (tertiary/aromatic N) is 1. The van der Waals surface area contributed by atoms with Crippen molar-refractivity contribution < 1.29 is 0 Å². The molecule has 2 aromatic rings. The van der Waals surface area contributed by atoms with Gasteiger partial charge in [-0.3, -0.25) is 0 Å². The van der Waals surface area contributed by atoms with Crippen LogP contribution in [0.2, 0.25) is 5.02 Å². The maximum absolute atomic E-state index is 9.46. The van der Waals surface area contributed by atoms with Gasteiger partial charge in [0.2, 0.25) is 0 Å². The van der Waals surface area contributed by atoms with Crippen LogP contribution >= 0.6 is 23.8 Å². The Bertz CT molecular complexity index is 680. The molecule has 2 N–H and O–H groups in total. The minimum Gasteiger partial charge on any atom is -0.366 e. The first-order valence-corrected chi connectivity index (χ1v) is 7.17. The lowest BCUT2D eigenvalue weighted by Crippen LogP contribution is -2.24. The maximum atomic E-state index is 9.46. The fourth-order valence-electron chi connectivity index (χ4n) is 2.00. The minimum absolute atomic E-state index is 0.385. The van der Waals surface area contributed by atoms with Crippen molar-refractivity contribution in [2.24, 2.45) is 0 Å². The van der Waals surface area contributed by atoms with Crippen molar-refractivity contribution in [3.63, 3.8) is 0 Å². The van der Waals surface area contributed by atoms with Gasteiger partial charge in [0.1, 0.15) is 0 Å². The Kier molecular flexibility index (Phi) is 5.15. The van der Waals surface area contributed by atoms with Gasteiger partial charge in [-0.05, 0) is 35.5 Å². The Balaban J connectivity index is 2.32. The quantitative estimate of drug-likeness (QED) is 0.843. The van der Waals surface area contributed by atoms with E-state index < -0.39 is 0 Å². The first kappa shape index (κ1) is 15.3. The van der Waals surface area contributed by atoms with Crippen molar-refractivity contribution in [1.29, 1.82) is 5.26 Å². The van der Waals surface area contributed by atoms with Gasteiger partial charge in [-0.1, -0.05) is 48.0 Å². The highest BCUT2D eigenvalue weighted by Gasteiger charge is 2.16. The van der Waals surface area contributed by atoms with Crippen molar-refractivity contribution in [2.75, 3.05) is 12.4 Å². The van der Waals surface area contributed by atoms with E-state index in [0.717, 1.165) is 16.8 Å². The highest BCUT2D eigenvalue weighted by molar-refractivity contribution is 7.80. The molecule has 0 saturated carbocycles. The van der Waals surface area contributed by atoms with Gasteiger partial charge in [-0.15, -0.1) is 0 Å². The van der Waals surface area contributed by atoms with E-state index in [4.69, 9.17) is 23.8 Å². The maximum Gasteiger partial charge on any atom is 0.170 e. The van der Waals surface area contributed by atoms with E-state index >= 15 is 0 Å². The number of nitriles is 1. The number of benzene rings is 2. The van der Waals surface area contributed by atoms with Gasteiger partial charge in [0.15, 0.2) is 5.11 Å². The van der Waals surface area contributed by atoms with Crippen molar-refractivity contribution in [3.8, 4) is 6.07 Å². The average Bonchev–Trinajstić information content (AvgIpc) is 2.51. The monoisotopic (exact) mass is 315 g/mol. The van der Waals surface area contributed by atoms with Gasteiger partial charge in [-0.2, -0.15) is 5.26 Å². The summed E-state index contributed by atoms with van der Waals surface area (Å²) in [5.74, 6) is -0.385. The molecular formula is C16H14ClN3S. The molecule has 0 spiro atoms. The third kappa shape index (κ3) is 3.72. The zero-order chi connectivity index (χ0) is 15.2. The SMILES string of the molecule is CNC(=S)Nc1ccc(C(C#N)c2ccccc2)c(Cl)c1. The zero-order valence-electron chi connectivity index (χ0n) is 11.4. The van der Waals surface area contributed by atoms with Crippen LogP contribution in [0.1, 0.15) is 17.0 Å². The number of anilines is 1. The van der Waals surface area contributed by atoms with Gasteiger partial charge < -0.3 is 10.6 Å². The number of thiocarbonyl (C=S) groups is 1. The average molecular weight is 316 g/mol. The third-order valence-electron chi connectivity index (χ3n) is 3.06. The van der Waals surface area contributed by atoms with Crippen molar-refractivity contribution >= 4 is 34.6 Å². The highest BCUT2D eigenvalue weighted by Crippen LogP contribution is 2.31. The van der Waals surface area contributed by atoms with Gasteiger partial charge in [0, 0.05) is 17.8 Å². The largest absolute Gasteiger partial charge is 0.366 e. The molecule has 21 heavy (non-hydrogen) atoms. The Labute approximate surface area is 134 Å². The van der Waals surface area contributed by atoms with Crippen LogP contribution in [0.5, 0.6) is 0 Å². The molecular weight excluding hydrogens is 302 g/mol. The summed E-state index contributed by atoms with van der Waals surface area (Å²) < 4.78 is 0. The van der Waals surface area contributed by atoms with E-state index in [1.54, 1.807) is 13.1 Å². The fourth-order valence-corrected chi connectivity index (χ4v) is 2.41. The van der Waals surface area contributed by atoms with E-state index in [-0.39, 0.29) is 5.92 Å². The molecule has 0 fully saturated rings. The molecule has 0 bridgehead atoms. The predicted octanol–water partition coefficient (Wildman–Crippen LogP) is 3.91. The number of hydrogen-bond acceptors (Lipinski definition) is 2. The van der Waals surface area contributed by atoms with Crippen LogP contribution in [0.15, 0.2) is 48.5 Å². The second kappa shape index (κ2) is 7.07. The molecule has 0 amide bonds. The summed E-state index contributed by atoms with van der Waals surface area (Å²) in [6.45, 7) is 0. The van der Waals surface area contributed by atoms with Crippen LogP contribution in [0.25, 0.3) is 0 Å². The van der Waals surface area contributed by atoms with Crippen LogP contribution in [0, 0.1) is 11.3 Å². The molecule has 0 radical (unpaired) electrons. The van der Waals surface area contributed by atoms with Gasteiger partial charge in [0.05, 0.1) is 12.0 Å². The van der Waals surface area contributed by atoms with Gasteiger partial charge >= 0.3 is 0 Å². The third-order valence-corrected chi connectivity index (χ3v) is 3.69. The second-order valence-corrected chi connectivity index (χ2v) is 5.23. The Morgan fingerprint density at radius 1 is 1.24 bits per heavy atom. The molecule has 2 rings (SSSR count). The molecule has 0 aliphatic carbocycles. The summed E-state index contributed by atoms with van der Waals surface area (Å²) in [4.78, 5) is 0. The fraction of sp³-hybridized carbons (Fsp3) is 0.125. The first-order chi connectivity index (χ1) is 10.2. The van der Waals surface area contributed by atoms with Crippen molar-refractivity contribution in [1.82, 2.24) is 5.32 Å². The molecule has 3 nitrogen and oxygen atoms in total. The van der Waals surface area contributed by atoms with Crippen molar-refractivity contribution in [2.45, 2.75) is 5.92 Å². The van der Waals surface area contributed by atoms with Crippen molar-refractivity contribution in [3.05, 3.63) is 64.7 Å². The summed E-state index contributed by atoms with van der Waals surface area (Å²) in [6, 6.07) is 17.4. The molecule has 0 heterocycles. The Morgan fingerprint density at radius 2 is 1.95 bits per heavy atom. The van der Waals surface area contributed by atoms with Crippen LogP contribution < -0.4 is 10.6 Å². The van der Waals surface area contributed by atoms with Gasteiger partial charge in [-0.25, -0.2) is 0 Å². The van der Waals surface area contributed by atoms with E-state index in [1.807, 2.05) is 42.5 Å². The number of hydrogen-bond donors (Lipinski definition) is 2. The van der Waals surface area contributed by atoms with Crippen LogP contribution in [-0.4, -0.2) is 12.2 Å². The Hall–Kier alpha value is -2.09. The number of halogens is 1. The molecule has 106 valence electrons. The Morgan fingerprint density at radius 3 is 2.52 bits per heavy atom. The minimum atomic E-state index is -0.385. The number of nitrogens with one attached hydrogen (secondary N) is 2. The smallest absolute Gasteiger partial charge is 0.170 e.